The Morgan fingerprint density at radius 3 is 2.00 bits per heavy atom. The molecule has 1 amide bonds. The lowest BCUT2D eigenvalue weighted by molar-refractivity contribution is 0.109. The molecule has 128 valence electrons. The summed E-state index contributed by atoms with van der Waals surface area (Å²) in [7, 11) is -1.46. The minimum atomic E-state index is -1.46. The van der Waals surface area contributed by atoms with Crippen LogP contribution in [0.4, 0.5) is 4.79 Å². The van der Waals surface area contributed by atoms with E-state index < -0.39 is 8.07 Å². The number of nitrogens with zero attached hydrogens (tertiary/aromatic N) is 1. The third kappa shape index (κ3) is 5.86. The van der Waals surface area contributed by atoms with E-state index in [1.807, 2.05) is 39.8 Å². The van der Waals surface area contributed by atoms with Crippen LogP contribution in [0.1, 0.15) is 38.8 Å². The number of benzene rings is 1. The Morgan fingerprint density at radius 1 is 1.04 bits per heavy atom. The summed E-state index contributed by atoms with van der Waals surface area (Å²) in [6.45, 7) is 15.0. The molecule has 4 heteroatoms. The number of amides is 1. The molecule has 0 aliphatic heterocycles. The van der Waals surface area contributed by atoms with Gasteiger partial charge in [-0.3, -0.25) is 0 Å². The Morgan fingerprint density at radius 2 is 1.57 bits per heavy atom. The molecule has 0 saturated heterocycles. The zero-order chi connectivity index (χ0) is 17.6. The van der Waals surface area contributed by atoms with E-state index in [0.717, 1.165) is 0 Å². The fourth-order valence-corrected chi connectivity index (χ4v) is 4.66. The monoisotopic (exact) mass is 333 g/mol. The standard InChI is InChI=1S/C19H31NO2Si/c1-15(2)20(16(3)4)19(21)22-14-13-18(23(5,6)7)17-11-9-8-10-12-17/h8-16,18H,1-7H3/b14-13-/t18-/m1/s1. The molecule has 1 aromatic rings. The van der Waals surface area contributed by atoms with Crippen LogP contribution in [0.3, 0.4) is 0 Å². The van der Waals surface area contributed by atoms with Gasteiger partial charge in [0, 0.05) is 12.1 Å². The zero-order valence-corrected chi connectivity index (χ0v) is 16.5. The summed E-state index contributed by atoms with van der Waals surface area (Å²) in [5.41, 5.74) is 1.60. The van der Waals surface area contributed by atoms with Crippen molar-refractivity contribution in [3.63, 3.8) is 0 Å². The lowest BCUT2D eigenvalue weighted by Gasteiger charge is -2.29. The molecule has 0 aliphatic rings. The molecule has 1 rings (SSSR count). The molecule has 0 spiro atoms. The Hall–Kier alpha value is -1.55. The summed E-state index contributed by atoms with van der Waals surface area (Å²) in [5.74, 6) is 0. The van der Waals surface area contributed by atoms with Crippen LogP contribution < -0.4 is 0 Å². The Kier molecular flexibility index (Phi) is 7.07. The van der Waals surface area contributed by atoms with E-state index in [4.69, 9.17) is 4.74 Å². The van der Waals surface area contributed by atoms with Gasteiger partial charge >= 0.3 is 6.09 Å². The Balaban J connectivity index is 2.85. The highest BCUT2D eigenvalue weighted by molar-refractivity contribution is 6.78. The van der Waals surface area contributed by atoms with E-state index in [2.05, 4.69) is 43.9 Å². The third-order valence-electron chi connectivity index (χ3n) is 3.86. The van der Waals surface area contributed by atoms with Gasteiger partial charge in [-0.2, -0.15) is 0 Å². The quantitative estimate of drug-likeness (QED) is 0.514. The van der Waals surface area contributed by atoms with E-state index in [1.54, 1.807) is 11.2 Å². The van der Waals surface area contributed by atoms with Crippen molar-refractivity contribution >= 4 is 14.2 Å². The van der Waals surface area contributed by atoms with Crippen molar-refractivity contribution in [2.24, 2.45) is 0 Å². The van der Waals surface area contributed by atoms with Gasteiger partial charge in [0.15, 0.2) is 0 Å². The number of allylic oxidation sites excluding steroid dienone is 1. The summed E-state index contributed by atoms with van der Waals surface area (Å²) in [6, 6.07) is 10.7. The van der Waals surface area contributed by atoms with Crippen molar-refractivity contribution in [1.29, 1.82) is 0 Å². The van der Waals surface area contributed by atoms with Gasteiger partial charge in [0.25, 0.3) is 0 Å². The lowest BCUT2D eigenvalue weighted by Crippen LogP contribution is -2.41. The minimum Gasteiger partial charge on any atom is -0.418 e. The van der Waals surface area contributed by atoms with Crippen molar-refractivity contribution in [3.05, 3.63) is 48.2 Å². The van der Waals surface area contributed by atoms with Crippen LogP contribution >= 0.6 is 0 Å². The highest BCUT2D eigenvalue weighted by atomic mass is 28.3. The predicted molar refractivity (Wildman–Crippen MR) is 100 cm³/mol. The van der Waals surface area contributed by atoms with Gasteiger partial charge in [0.05, 0.1) is 14.3 Å². The molecule has 0 aromatic heterocycles. The molecule has 3 nitrogen and oxygen atoms in total. The molecule has 0 fully saturated rings. The molecule has 23 heavy (non-hydrogen) atoms. The summed E-state index contributed by atoms with van der Waals surface area (Å²) >= 11 is 0. The van der Waals surface area contributed by atoms with Crippen LogP contribution in [-0.2, 0) is 4.74 Å². The molecule has 0 radical (unpaired) electrons. The Bertz CT molecular complexity index is 510. The van der Waals surface area contributed by atoms with E-state index in [1.165, 1.54) is 5.56 Å². The van der Waals surface area contributed by atoms with Gasteiger partial charge in [0.2, 0.25) is 0 Å². The van der Waals surface area contributed by atoms with Gasteiger partial charge in [-0.1, -0.05) is 50.0 Å². The second kappa shape index (κ2) is 8.34. The third-order valence-corrected chi connectivity index (χ3v) is 6.25. The lowest BCUT2D eigenvalue weighted by atomic mass is 10.1. The van der Waals surface area contributed by atoms with Gasteiger partial charge in [-0.25, -0.2) is 4.79 Å². The maximum Gasteiger partial charge on any atom is 0.415 e. The maximum atomic E-state index is 12.3. The summed E-state index contributed by atoms with van der Waals surface area (Å²) in [5, 5.41) is 0. The molecule has 0 heterocycles. The van der Waals surface area contributed by atoms with Crippen LogP contribution in [0, 0.1) is 0 Å². The molecule has 0 aliphatic carbocycles. The van der Waals surface area contributed by atoms with Gasteiger partial charge < -0.3 is 9.64 Å². The number of hydrogen-bond donors (Lipinski definition) is 0. The topological polar surface area (TPSA) is 29.5 Å². The normalized spacial score (nSPS) is 13.6. The molecule has 0 bridgehead atoms. The first-order chi connectivity index (χ1) is 10.6. The number of ether oxygens (including phenoxy) is 1. The smallest absolute Gasteiger partial charge is 0.415 e. The van der Waals surface area contributed by atoms with Crippen molar-refractivity contribution < 1.29 is 9.53 Å². The number of carbonyl (C=O) groups excluding carboxylic acids is 1. The first-order valence-electron chi connectivity index (χ1n) is 8.35. The van der Waals surface area contributed by atoms with Crippen molar-refractivity contribution in [1.82, 2.24) is 4.90 Å². The number of rotatable bonds is 6. The molecular weight excluding hydrogens is 302 g/mol. The SMILES string of the molecule is CC(C)N(C(=O)O/C=C\[C@H](c1ccccc1)[Si](C)(C)C)C(C)C. The van der Waals surface area contributed by atoms with Crippen molar-refractivity contribution in [3.8, 4) is 0 Å². The van der Waals surface area contributed by atoms with Gasteiger partial charge in [-0.05, 0) is 44.9 Å². The highest BCUT2D eigenvalue weighted by Crippen LogP contribution is 2.28. The van der Waals surface area contributed by atoms with Crippen LogP contribution in [0.25, 0.3) is 0 Å². The van der Waals surface area contributed by atoms with Crippen molar-refractivity contribution in [2.75, 3.05) is 0 Å². The predicted octanol–water partition coefficient (Wildman–Crippen LogP) is 5.42. The minimum absolute atomic E-state index is 0.123. The van der Waals surface area contributed by atoms with Crippen LogP contribution in [0.15, 0.2) is 42.7 Å². The van der Waals surface area contributed by atoms with E-state index in [0.29, 0.717) is 5.54 Å². The Labute approximate surface area is 142 Å². The second-order valence-electron chi connectivity index (χ2n) is 7.56. The van der Waals surface area contributed by atoms with Crippen LogP contribution in [0.5, 0.6) is 0 Å². The highest BCUT2D eigenvalue weighted by Gasteiger charge is 2.26. The average Bonchev–Trinajstić information content (AvgIpc) is 2.42. The maximum absolute atomic E-state index is 12.3. The fraction of sp³-hybridized carbons (Fsp3) is 0.526. The average molecular weight is 334 g/mol. The molecule has 1 aromatic carbocycles. The molecular formula is C19H31NO2Si. The molecule has 1 atom stereocenters. The second-order valence-corrected chi connectivity index (χ2v) is 12.9. The van der Waals surface area contributed by atoms with Gasteiger partial charge in [-0.15, -0.1) is 0 Å². The van der Waals surface area contributed by atoms with Crippen LogP contribution in [0.2, 0.25) is 19.6 Å². The number of carbonyl (C=O) groups is 1. The molecule has 0 N–H and O–H groups in total. The summed E-state index contributed by atoms with van der Waals surface area (Å²) in [6.07, 6.45) is 3.34. The first-order valence-corrected chi connectivity index (χ1v) is 11.9. The molecule has 0 unspecified atom stereocenters. The van der Waals surface area contributed by atoms with Gasteiger partial charge in [0.1, 0.15) is 0 Å². The van der Waals surface area contributed by atoms with Crippen LogP contribution in [-0.4, -0.2) is 31.2 Å². The molecule has 0 saturated carbocycles. The van der Waals surface area contributed by atoms with Crippen molar-refractivity contribution in [2.45, 2.75) is 65.0 Å². The van der Waals surface area contributed by atoms with E-state index >= 15 is 0 Å². The largest absolute Gasteiger partial charge is 0.418 e. The summed E-state index contributed by atoms with van der Waals surface area (Å²) in [4.78, 5) is 14.0. The number of hydrogen-bond acceptors (Lipinski definition) is 2. The first kappa shape index (κ1) is 19.5. The van der Waals surface area contributed by atoms with E-state index in [-0.39, 0.29) is 18.2 Å². The zero-order valence-electron chi connectivity index (χ0n) is 15.5. The summed E-state index contributed by atoms with van der Waals surface area (Å²) < 4.78 is 5.40. The fourth-order valence-electron chi connectivity index (χ4n) is 2.81. The van der Waals surface area contributed by atoms with E-state index in [9.17, 15) is 4.79 Å².